The average molecular weight is 440 g/mol. The highest BCUT2D eigenvalue weighted by Crippen LogP contribution is 2.32. The van der Waals surface area contributed by atoms with Crippen LogP contribution in [-0.2, 0) is 4.79 Å². The van der Waals surface area contributed by atoms with Gasteiger partial charge in [0, 0.05) is 30.8 Å². The van der Waals surface area contributed by atoms with Crippen molar-refractivity contribution in [1.82, 2.24) is 15.5 Å². The van der Waals surface area contributed by atoms with Gasteiger partial charge in [0.15, 0.2) is 11.5 Å². The molecule has 0 aromatic heterocycles. The van der Waals surface area contributed by atoms with Crippen LogP contribution in [0.2, 0.25) is 0 Å². The molecule has 0 bridgehead atoms. The lowest BCUT2D eigenvalue weighted by Crippen LogP contribution is -2.42. The summed E-state index contributed by atoms with van der Waals surface area (Å²) in [5.41, 5.74) is -0.0764. The van der Waals surface area contributed by atoms with E-state index in [9.17, 15) is 29.3 Å². The van der Waals surface area contributed by atoms with Crippen molar-refractivity contribution in [1.29, 1.82) is 0 Å². The third-order valence-corrected chi connectivity index (χ3v) is 4.83. The number of nitrogens with one attached hydrogen (secondary N) is 2. The maximum absolute atomic E-state index is 12.4. The van der Waals surface area contributed by atoms with Gasteiger partial charge in [-0.15, -0.1) is 0 Å². The lowest BCUT2D eigenvalue weighted by molar-refractivity contribution is -0.384. The van der Waals surface area contributed by atoms with Crippen LogP contribution >= 0.6 is 0 Å². The Balaban J connectivity index is 1.26. The van der Waals surface area contributed by atoms with E-state index in [-0.39, 0.29) is 42.6 Å². The van der Waals surface area contributed by atoms with Gasteiger partial charge in [-0.1, -0.05) is 0 Å². The molecule has 0 radical (unpaired) electrons. The summed E-state index contributed by atoms with van der Waals surface area (Å²) in [7, 11) is 0. The molecule has 2 aliphatic rings. The first kappa shape index (κ1) is 20.8. The van der Waals surface area contributed by atoms with Crippen LogP contribution < -0.4 is 20.1 Å². The topological polar surface area (TPSA) is 157 Å². The minimum atomic E-state index is -0.778. The van der Waals surface area contributed by atoms with Gasteiger partial charge >= 0.3 is 0 Å². The van der Waals surface area contributed by atoms with Gasteiger partial charge in [0.25, 0.3) is 23.4 Å². The third-order valence-electron chi connectivity index (χ3n) is 4.83. The van der Waals surface area contributed by atoms with E-state index in [0.717, 1.165) is 17.0 Å². The minimum Gasteiger partial charge on any atom is -0.454 e. The van der Waals surface area contributed by atoms with Gasteiger partial charge in [-0.2, -0.15) is 0 Å². The van der Waals surface area contributed by atoms with Gasteiger partial charge in [-0.25, -0.2) is 0 Å². The first-order valence-electron chi connectivity index (χ1n) is 9.44. The molecule has 0 spiro atoms. The van der Waals surface area contributed by atoms with E-state index in [1.807, 2.05) is 0 Å². The van der Waals surface area contributed by atoms with Crippen molar-refractivity contribution in [2.24, 2.45) is 0 Å². The number of non-ortho nitro benzene ring substituents is 1. The number of carbonyl (C=O) groups is 4. The van der Waals surface area contributed by atoms with Crippen molar-refractivity contribution < 1.29 is 33.6 Å². The van der Waals surface area contributed by atoms with Crippen LogP contribution in [0.25, 0.3) is 0 Å². The predicted octanol–water partition coefficient (Wildman–Crippen LogP) is 0.466. The smallest absolute Gasteiger partial charge is 0.270 e. The molecular formula is C20H16N4O8. The summed E-state index contributed by atoms with van der Waals surface area (Å²) in [4.78, 5) is 60.0. The third kappa shape index (κ3) is 3.93. The van der Waals surface area contributed by atoms with Crippen LogP contribution in [0.5, 0.6) is 11.5 Å². The number of nitro groups is 1. The van der Waals surface area contributed by atoms with E-state index in [4.69, 9.17) is 9.47 Å². The highest BCUT2D eigenvalue weighted by atomic mass is 16.7. The molecule has 164 valence electrons. The highest BCUT2D eigenvalue weighted by Gasteiger charge is 2.37. The fraction of sp³-hybridized carbons (Fsp3) is 0.200. The van der Waals surface area contributed by atoms with E-state index >= 15 is 0 Å². The maximum atomic E-state index is 12.4. The van der Waals surface area contributed by atoms with Crippen LogP contribution in [0.1, 0.15) is 31.1 Å². The van der Waals surface area contributed by atoms with Crippen molar-refractivity contribution in [2.45, 2.75) is 0 Å². The number of imide groups is 1. The van der Waals surface area contributed by atoms with Gasteiger partial charge in [0.2, 0.25) is 12.7 Å². The number of rotatable bonds is 7. The maximum Gasteiger partial charge on any atom is 0.270 e. The van der Waals surface area contributed by atoms with Crippen molar-refractivity contribution >= 4 is 29.3 Å². The lowest BCUT2D eigenvalue weighted by atomic mass is 10.1. The molecule has 4 amide bonds. The quantitative estimate of drug-likeness (QED) is 0.272. The normalized spacial score (nSPS) is 13.7. The summed E-state index contributed by atoms with van der Waals surface area (Å²) in [6.07, 6.45) is 0. The van der Waals surface area contributed by atoms with E-state index in [1.165, 1.54) is 6.07 Å². The molecule has 0 atom stereocenters. The molecule has 0 unspecified atom stereocenters. The summed E-state index contributed by atoms with van der Waals surface area (Å²) in [5.74, 6) is -1.45. The molecule has 2 aromatic carbocycles. The predicted molar refractivity (Wildman–Crippen MR) is 106 cm³/mol. The van der Waals surface area contributed by atoms with Crippen LogP contribution in [-0.4, -0.2) is 59.9 Å². The summed E-state index contributed by atoms with van der Waals surface area (Å²) in [5, 5.41) is 16.0. The standard InChI is InChI=1S/C20H16N4O8/c25-17(9-23-19(27)13-3-2-12(24(29)30)8-14(13)20(23)28)21-5-6-22-18(26)11-1-4-15-16(7-11)32-10-31-15/h1-4,7-8H,5-6,9-10H2,(H,21,25)(H,22,26). The molecule has 0 saturated heterocycles. The first-order chi connectivity index (χ1) is 15.3. The number of hydrogen-bond acceptors (Lipinski definition) is 8. The highest BCUT2D eigenvalue weighted by molar-refractivity contribution is 6.22. The molecule has 12 heteroatoms. The summed E-state index contributed by atoms with van der Waals surface area (Å²) in [6.45, 7) is -0.288. The van der Waals surface area contributed by atoms with E-state index in [0.29, 0.717) is 17.1 Å². The van der Waals surface area contributed by atoms with Gasteiger partial charge in [0.1, 0.15) is 6.54 Å². The van der Waals surface area contributed by atoms with Gasteiger partial charge in [-0.3, -0.25) is 34.2 Å². The Hall–Kier alpha value is -4.48. The molecule has 0 fully saturated rings. The molecule has 4 rings (SSSR count). The zero-order chi connectivity index (χ0) is 22.8. The summed E-state index contributed by atoms with van der Waals surface area (Å²) < 4.78 is 10.4. The number of carbonyl (C=O) groups excluding carboxylic acids is 4. The van der Waals surface area contributed by atoms with Gasteiger partial charge < -0.3 is 20.1 Å². The Labute approximate surface area is 180 Å². The van der Waals surface area contributed by atoms with Gasteiger partial charge in [-0.05, 0) is 24.3 Å². The monoisotopic (exact) mass is 440 g/mol. The second kappa shape index (κ2) is 8.34. The van der Waals surface area contributed by atoms with E-state index in [2.05, 4.69) is 10.6 Å². The number of nitro benzene ring substituents is 1. The zero-order valence-electron chi connectivity index (χ0n) is 16.5. The largest absolute Gasteiger partial charge is 0.454 e. The van der Waals surface area contributed by atoms with Crippen LogP contribution in [0.3, 0.4) is 0 Å². The Bertz CT molecular complexity index is 1160. The van der Waals surface area contributed by atoms with Gasteiger partial charge in [0.05, 0.1) is 16.1 Å². The summed E-state index contributed by atoms with van der Waals surface area (Å²) in [6, 6.07) is 8.07. The molecule has 2 N–H and O–H groups in total. The van der Waals surface area contributed by atoms with Crippen LogP contribution in [0.15, 0.2) is 36.4 Å². The number of amides is 4. The number of fused-ring (bicyclic) bond motifs is 2. The molecule has 2 heterocycles. The SMILES string of the molecule is O=C(CN1C(=O)c2ccc([N+](=O)[O-])cc2C1=O)NCCNC(=O)c1ccc2c(c1)OCO2. The number of nitrogens with zero attached hydrogens (tertiary/aromatic N) is 2. The molecule has 0 aliphatic carbocycles. The molecule has 0 saturated carbocycles. The molecule has 2 aromatic rings. The van der Waals surface area contributed by atoms with Crippen LogP contribution in [0.4, 0.5) is 5.69 Å². The average Bonchev–Trinajstić information content (AvgIpc) is 3.34. The lowest BCUT2D eigenvalue weighted by Gasteiger charge is -2.13. The fourth-order valence-electron chi connectivity index (χ4n) is 3.25. The van der Waals surface area contributed by atoms with E-state index < -0.39 is 29.2 Å². The van der Waals surface area contributed by atoms with Crippen molar-refractivity contribution in [3.8, 4) is 11.5 Å². The Morgan fingerprint density at radius 1 is 0.969 bits per heavy atom. The van der Waals surface area contributed by atoms with Crippen molar-refractivity contribution in [3.05, 3.63) is 63.2 Å². The number of ether oxygens (including phenoxy) is 2. The number of benzene rings is 2. The van der Waals surface area contributed by atoms with Crippen molar-refractivity contribution in [3.63, 3.8) is 0 Å². The second-order valence-electron chi connectivity index (χ2n) is 6.86. The summed E-state index contributed by atoms with van der Waals surface area (Å²) >= 11 is 0. The Kier molecular flexibility index (Phi) is 5.41. The molecule has 12 nitrogen and oxygen atoms in total. The molecule has 2 aliphatic heterocycles. The van der Waals surface area contributed by atoms with Crippen LogP contribution in [0, 0.1) is 10.1 Å². The molecular weight excluding hydrogens is 424 g/mol. The van der Waals surface area contributed by atoms with Crippen molar-refractivity contribution in [2.75, 3.05) is 26.4 Å². The minimum absolute atomic E-state index is 0.00406. The fourth-order valence-corrected chi connectivity index (χ4v) is 3.25. The number of hydrogen-bond donors (Lipinski definition) is 2. The molecule has 32 heavy (non-hydrogen) atoms. The first-order valence-corrected chi connectivity index (χ1v) is 9.44. The zero-order valence-corrected chi connectivity index (χ0v) is 16.5. The Morgan fingerprint density at radius 2 is 1.69 bits per heavy atom. The Morgan fingerprint density at radius 3 is 2.47 bits per heavy atom. The second-order valence-corrected chi connectivity index (χ2v) is 6.86. The van der Waals surface area contributed by atoms with E-state index in [1.54, 1.807) is 18.2 Å².